The highest BCUT2D eigenvalue weighted by molar-refractivity contribution is 5.75. The molecule has 0 rings (SSSR count). The van der Waals surface area contributed by atoms with Gasteiger partial charge in [0.25, 0.3) is 0 Å². The average Bonchev–Trinajstić information content (AvgIpc) is 2.10. The molecular weight excluding hydrogens is 162 g/mol. The summed E-state index contributed by atoms with van der Waals surface area (Å²) in [7, 11) is 3.61. The Morgan fingerprint density at radius 3 is 2.46 bits per heavy atom. The largest absolute Gasteiger partial charge is 0.349 e. The van der Waals surface area contributed by atoms with Crippen LogP contribution in [-0.2, 0) is 4.79 Å². The fourth-order valence-electron chi connectivity index (χ4n) is 1.05. The van der Waals surface area contributed by atoms with E-state index in [0.29, 0.717) is 6.42 Å². The first kappa shape index (κ1) is 12.2. The molecule has 0 bridgehead atoms. The molecule has 0 radical (unpaired) electrons. The maximum Gasteiger partial charge on any atom is 0.222 e. The number of amides is 1. The Morgan fingerprint density at radius 2 is 1.92 bits per heavy atom. The Labute approximate surface area is 81.6 Å². The van der Waals surface area contributed by atoms with Gasteiger partial charge in [0.1, 0.15) is 0 Å². The summed E-state index contributed by atoms with van der Waals surface area (Å²) in [6.07, 6.45) is 9.40. The van der Waals surface area contributed by atoms with Crippen LogP contribution in [0.5, 0.6) is 0 Å². The number of hydrogen-bond donors (Lipinski definition) is 0. The van der Waals surface area contributed by atoms with Crippen LogP contribution in [0.25, 0.3) is 0 Å². The highest BCUT2D eigenvalue weighted by Crippen LogP contribution is 2.02. The second-order valence-electron chi connectivity index (χ2n) is 3.41. The van der Waals surface area contributed by atoms with E-state index in [4.69, 9.17) is 0 Å². The number of unbranched alkanes of at least 4 members (excludes halogenated alkanes) is 2. The van der Waals surface area contributed by atoms with Crippen molar-refractivity contribution in [2.75, 3.05) is 14.1 Å². The van der Waals surface area contributed by atoms with Crippen molar-refractivity contribution in [1.29, 1.82) is 0 Å². The Morgan fingerprint density at radius 1 is 1.23 bits per heavy atom. The maximum absolute atomic E-state index is 11.1. The number of carbonyl (C=O) groups is 1. The molecule has 0 aromatic rings. The molecule has 2 nitrogen and oxygen atoms in total. The fraction of sp³-hybridized carbons (Fsp3) is 0.727. The highest BCUT2D eigenvalue weighted by atomic mass is 16.2. The van der Waals surface area contributed by atoms with Gasteiger partial charge >= 0.3 is 0 Å². The predicted octanol–water partition coefficient (Wildman–Crippen LogP) is 2.60. The standard InChI is InChI=1S/C11H21NO/c1-4-5-6-7-8-9-10-11(13)12(2)3/h5-6H,4,7-10H2,1-3H3/b6-5-. The van der Waals surface area contributed by atoms with Crippen LogP contribution in [0, 0.1) is 0 Å². The summed E-state index contributed by atoms with van der Waals surface area (Å²) in [6.45, 7) is 2.13. The van der Waals surface area contributed by atoms with E-state index in [1.807, 2.05) is 0 Å². The monoisotopic (exact) mass is 183 g/mol. The van der Waals surface area contributed by atoms with Gasteiger partial charge in [0, 0.05) is 20.5 Å². The lowest BCUT2D eigenvalue weighted by atomic mass is 10.1. The Balaban J connectivity index is 3.26. The van der Waals surface area contributed by atoms with E-state index < -0.39 is 0 Å². The normalized spacial score (nSPS) is 10.7. The van der Waals surface area contributed by atoms with Crippen molar-refractivity contribution >= 4 is 5.91 Å². The van der Waals surface area contributed by atoms with Crippen LogP contribution in [0.3, 0.4) is 0 Å². The first-order chi connectivity index (χ1) is 6.18. The van der Waals surface area contributed by atoms with E-state index >= 15 is 0 Å². The Hall–Kier alpha value is -0.790. The quantitative estimate of drug-likeness (QED) is 0.458. The van der Waals surface area contributed by atoms with Gasteiger partial charge in [-0.1, -0.05) is 19.1 Å². The van der Waals surface area contributed by atoms with Gasteiger partial charge in [-0.15, -0.1) is 0 Å². The van der Waals surface area contributed by atoms with Crippen molar-refractivity contribution in [3.63, 3.8) is 0 Å². The number of rotatable bonds is 6. The zero-order valence-corrected chi connectivity index (χ0v) is 9.05. The van der Waals surface area contributed by atoms with Crippen molar-refractivity contribution in [1.82, 2.24) is 4.90 Å². The molecule has 0 aliphatic rings. The van der Waals surface area contributed by atoms with Crippen LogP contribution >= 0.6 is 0 Å². The zero-order chi connectivity index (χ0) is 10.1. The van der Waals surface area contributed by atoms with E-state index in [-0.39, 0.29) is 5.91 Å². The average molecular weight is 183 g/mol. The molecule has 0 fully saturated rings. The van der Waals surface area contributed by atoms with Gasteiger partial charge in [0.15, 0.2) is 0 Å². The van der Waals surface area contributed by atoms with Crippen LogP contribution in [0.2, 0.25) is 0 Å². The van der Waals surface area contributed by atoms with Crippen LogP contribution in [0.15, 0.2) is 12.2 Å². The third kappa shape index (κ3) is 7.57. The van der Waals surface area contributed by atoms with Crippen molar-refractivity contribution in [3.8, 4) is 0 Å². The molecule has 0 aromatic carbocycles. The number of nitrogens with zero attached hydrogens (tertiary/aromatic N) is 1. The van der Waals surface area contributed by atoms with Gasteiger partial charge in [-0.25, -0.2) is 0 Å². The van der Waals surface area contributed by atoms with E-state index in [9.17, 15) is 4.79 Å². The third-order valence-corrected chi connectivity index (χ3v) is 1.91. The highest BCUT2D eigenvalue weighted by Gasteiger charge is 2.01. The summed E-state index contributed by atoms with van der Waals surface area (Å²) < 4.78 is 0. The lowest BCUT2D eigenvalue weighted by molar-refractivity contribution is -0.128. The zero-order valence-electron chi connectivity index (χ0n) is 9.05. The molecule has 76 valence electrons. The molecule has 0 atom stereocenters. The summed E-state index contributed by atoms with van der Waals surface area (Å²) in [5.74, 6) is 0.236. The second-order valence-corrected chi connectivity index (χ2v) is 3.41. The lowest BCUT2D eigenvalue weighted by Gasteiger charge is -2.08. The van der Waals surface area contributed by atoms with E-state index in [1.54, 1.807) is 19.0 Å². The van der Waals surface area contributed by atoms with Crippen LogP contribution in [-0.4, -0.2) is 24.9 Å². The first-order valence-corrected chi connectivity index (χ1v) is 5.03. The van der Waals surface area contributed by atoms with E-state index in [2.05, 4.69) is 19.1 Å². The summed E-state index contributed by atoms with van der Waals surface area (Å²) in [5.41, 5.74) is 0. The van der Waals surface area contributed by atoms with Gasteiger partial charge in [-0.2, -0.15) is 0 Å². The topological polar surface area (TPSA) is 20.3 Å². The molecule has 0 heterocycles. The summed E-state index contributed by atoms with van der Waals surface area (Å²) in [4.78, 5) is 12.8. The van der Waals surface area contributed by atoms with Gasteiger partial charge in [0.05, 0.1) is 0 Å². The summed E-state index contributed by atoms with van der Waals surface area (Å²) in [5, 5.41) is 0. The van der Waals surface area contributed by atoms with Crippen molar-refractivity contribution in [3.05, 3.63) is 12.2 Å². The molecule has 1 amide bonds. The van der Waals surface area contributed by atoms with E-state index in [0.717, 1.165) is 25.7 Å². The molecule has 0 saturated heterocycles. The first-order valence-electron chi connectivity index (χ1n) is 5.03. The molecule has 0 saturated carbocycles. The summed E-state index contributed by atoms with van der Waals surface area (Å²) >= 11 is 0. The molecule has 0 spiro atoms. The number of hydrogen-bond acceptors (Lipinski definition) is 1. The molecule has 2 heteroatoms. The number of allylic oxidation sites excluding steroid dienone is 2. The molecule has 0 aliphatic carbocycles. The minimum absolute atomic E-state index is 0.236. The van der Waals surface area contributed by atoms with Gasteiger partial charge < -0.3 is 4.90 Å². The fourth-order valence-corrected chi connectivity index (χ4v) is 1.05. The van der Waals surface area contributed by atoms with Crippen LogP contribution in [0.4, 0.5) is 0 Å². The number of carbonyl (C=O) groups excluding carboxylic acids is 1. The Bertz CT molecular complexity index is 161. The van der Waals surface area contributed by atoms with Crippen LogP contribution in [0.1, 0.15) is 39.0 Å². The third-order valence-electron chi connectivity index (χ3n) is 1.91. The van der Waals surface area contributed by atoms with E-state index in [1.165, 1.54) is 0 Å². The van der Waals surface area contributed by atoms with Gasteiger partial charge in [-0.05, 0) is 25.7 Å². The molecule has 0 unspecified atom stereocenters. The molecule has 0 N–H and O–H groups in total. The molecule has 0 aliphatic heterocycles. The second kappa shape index (κ2) is 7.84. The SMILES string of the molecule is CC/C=C\CCCCC(=O)N(C)C. The molecule has 0 aromatic heterocycles. The predicted molar refractivity (Wildman–Crippen MR) is 56.6 cm³/mol. The Kier molecular flexibility index (Phi) is 7.36. The van der Waals surface area contributed by atoms with Crippen molar-refractivity contribution in [2.24, 2.45) is 0 Å². The molecular formula is C11H21NO. The summed E-state index contributed by atoms with van der Waals surface area (Å²) in [6, 6.07) is 0. The maximum atomic E-state index is 11.1. The minimum Gasteiger partial charge on any atom is -0.349 e. The van der Waals surface area contributed by atoms with Gasteiger partial charge in [-0.3, -0.25) is 4.79 Å². The minimum atomic E-state index is 0.236. The lowest BCUT2D eigenvalue weighted by Crippen LogP contribution is -2.20. The van der Waals surface area contributed by atoms with Gasteiger partial charge in [0.2, 0.25) is 5.91 Å². The van der Waals surface area contributed by atoms with Crippen molar-refractivity contribution in [2.45, 2.75) is 39.0 Å². The van der Waals surface area contributed by atoms with Crippen molar-refractivity contribution < 1.29 is 4.79 Å². The smallest absolute Gasteiger partial charge is 0.222 e. The molecule has 13 heavy (non-hydrogen) atoms. The van der Waals surface area contributed by atoms with Crippen LogP contribution < -0.4 is 0 Å².